The van der Waals surface area contributed by atoms with Gasteiger partial charge in [0, 0.05) is 13.1 Å². The van der Waals surface area contributed by atoms with Gasteiger partial charge in [0.25, 0.3) is 0 Å². The molecule has 0 saturated heterocycles. The molecule has 0 bridgehead atoms. The van der Waals surface area contributed by atoms with E-state index in [1.54, 1.807) is 0 Å². The zero-order valence-corrected chi connectivity index (χ0v) is 11.5. The highest BCUT2D eigenvalue weighted by molar-refractivity contribution is 6.16. The molecule has 0 unspecified atom stereocenters. The lowest BCUT2D eigenvalue weighted by molar-refractivity contribution is 0.742. The maximum Gasteiger partial charge on any atom is 0.151 e. The van der Waals surface area contributed by atoms with Crippen molar-refractivity contribution in [3.8, 4) is 0 Å². The fraction of sp³-hybridized carbons (Fsp3) is 0.333. The molecule has 1 aliphatic heterocycles. The van der Waals surface area contributed by atoms with E-state index >= 15 is 0 Å². The highest BCUT2D eigenvalue weighted by Crippen LogP contribution is 2.22. The van der Waals surface area contributed by atoms with Gasteiger partial charge >= 0.3 is 0 Å². The summed E-state index contributed by atoms with van der Waals surface area (Å²) < 4.78 is 0. The van der Waals surface area contributed by atoms with Gasteiger partial charge in [0.1, 0.15) is 0 Å². The van der Waals surface area contributed by atoms with E-state index in [0.29, 0.717) is 5.88 Å². The first kappa shape index (κ1) is 12.4. The van der Waals surface area contributed by atoms with E-state index in [0.717, 1.165) is 37.4 Å². The highest BCUT2D eigenvalue weighted by Gasteiger charge is 2.15. The fourth-order valence-electron chi connectivity index (χ4n) is 2.49. The van der Waals surface area contributed by atoms with Crippen LogP contribution in [0.15, 0.2) is 36.4 Å². The SMILES string of the molecule is ClCc1ccc(N2CCCc3ccccc3C2)nn1. The summed E-state index contributed by atoms with van der Waals surface area (Å²) in [5.74, 6) is 1.35. The minimum absolute atomic E-state index is 0.413. The fourth-order valence-corrected chi connectivity index (χ4v) is 2.63. The van der Waals surface area contributed by atoms with Crippen molar-refractivity contribution in [3.63, 3.8) is 0 Å². The minimum Gasteiger partial charge on any atom is -0.351 e. The first-order chi connectivity index (χ1) is 9.36. The van der Waals surface area contributed by atoms with E-state index in [-0.39, 0.29) is 0 Å². The van der Waals surface area contributed by atoms with Gasteiger partial charge in [0.05, 0.1) is 11.6 Å². The molecule has 98 valence electrons. The lowest BCUT2D eigenvalue weighted by Gasteiger charge is -2.21. The Morgan fingerprint density at radius 3 is 2.63 bits per heavy atom. The molecule has 3 rings (SSSR count). The largest absolute Gasteiger partial charge is 0.351 e. The molecule has 4 heteroatoms. The van der Waals surface area contributed by atoms with Crippen molar-refractivity contribution >= 4 is 17.4 Å². The van der Waals surface area contributed by atoms with Gasteiger partial charge in [-0.15, -0.1) is 16.7 Å². The van der Waals surface area contributed by atoms with Crippen molar-refractivity contribution in [2.75, 3.05) is 11.4 Å². The molecule has 1 aromatic carbocycles. The van der Waals surface area contributed by atoms with Gasteiger partial charge < -0.3 is 4.90 Å². The number of anilines is 1. The molecule has 3 nitrogen and oxygen atoms in total. The molecule has 0 N–H and O–H groups in total. The van der Waals surface area contributed by atoms with Crippen LogP contribution in [0.5, 0.6) is 0 Å². The molecule has 2 heterocycles. The number of alkyl halides is 1. The van der Waals surface area contributed by atoms with E-state index in [4.69, 9.17) is 11.6 Å². The number of benzene rings is 1. The summed E-state index contributed by atoms with van der Waals surface area (Å²) in [4.78, 5) is 2.29. The van der Waals surface area contributed by atoms with Gasteiger partial charge in [0.15, 0.2) is 5.82 Å². The predicted octanol–water partition coefficient (Wildman–Crippen LogP) is 3.17. The van der Waals surface area contributed by atoms with Crippen LogP contribution in [0.4, 0.5) is 5.82 Å². The molecule has 1 aromatic heterocycles. The predicted molar refractivity (Wildman–Crippen MR) is 77.4 cm³/mol. The number of hydrogen-bond donors (Lipinski definition) is 0. The molecule has 19 heavy (non-hydrogen) atoms. The summed E-state index contributed by atoms with van der Waals surface area (Å²) in [5, 5.41) is 8.41. The van der Waals surface area contributed by atoms with Crippen LogP contribution in [-0.2, 0) is 18.8 Å². The number of aromatic nitrogens is 2. The van der Waals surface area contributed by atoms with E-state index in [2.05, 4.69) is 39.4 Å². The van der Waals surface area contributed by atoms with Gasteiger partial charge in [0.2, 0.25) is 0 Å². The lowest BCUT2D eigenvalue weighted by Crippen LogP contribution is -2.23. The van der Waals surface area contributed by atoms with E-state index < -0.39 is 0 Å². The summed E-state index contributed by atoms with van der Waals surface area (Å²) in [7, 11) is 0. The Hall–Kier alpha value is -1.61. The van der Waals surface area contributed by atoms with Crippen LogP contribution < -0.4 is 4.90 Å². The second kappa shape index (κ2) is 5.57. The average molecular weight is 274 g/mol. The molecule has 2 aromatic rings. The quantitative estimate of drug-likeness (QED) is 0.787. The van der Waals surface area contributed by atoms with Gasteiger partial charge in [-0.1, -0.05) is 24.3 Å². The van der Waals surface area contributed by atoms with Crippen LogP contribution in [-0.4, -0.2) is 16.7 Å². The summed E-state index contributed by atoms with van der Waals surface area (Å²) in [6, 6.07) is 12.6. The van der Waals surface area contributed by atoms with Crippen molar-refractivity contribution in [3.05, 3.63) is 53.2 Å². The number of nitrogens with zero attached hydrogens (tertiary/aromatic N) is 3. The molecule has 0 atom stereocenters. The summed E-state index contributed by atoms with van der Waals surface area (Å²) >= 11 is 5.74. The first-order valence-corrected chi connectivity index (χ1v) is 7.10. The molecule has 0 amide bonds. The topological polar surface area (TPSA) is 29.0 Å². The van der Waals surface area contributed by atoms with Gasteiger partial charge in [-0.25, -0.2) is 0 Å². The Balaban J connectivity index is 1.85. The van der Waals surface area contributed by atoms with Crippen LogP contribution in [0.3, 0.4) is 0 Å². The number of fused-ring (bicyclic) bond motifs is 1. The number of aryl methyl sites for hydroxylation is 1. The average Bonchev–Trinajstić information content (AvgIpc) is 2.69. The third kappa shape index (κ3) is 2.71. The van der Waals surface area contributed by atoms with E-state index in [9.17, 15) is 0 Å². The van der Waals surface area contributed by atoms with Gasteiger partial charge in [-0.2, -0.15) is 5.10 Å². The number of hydrogen-bond acceptors (Lipinski definition) is 3. The van der Waals surface area contributed by atoms with Crippen molar-refractivity contribution in [2.45, 2.75) is 25.3 Å². The molecule has 0 spiro atoms. The second-order valence-electron chi connectivity index (χ2n) is 4.81. The second-order valence-corrected chi connectivity index (χ2v) is 5.08. The highest BCUT2D eigenvalue weighted by atomic mass is 35.5. The summed E-state index contributed by atoms with van der Waals surface area (Å²) in [5.41, 5.74) is 3.67. The van der Waals surface area contributed by atoms with Crippen molar-refractivity contribution in [2.24, 2.45) is 0 Å². The number of halogens is 1. The van der Waals surface area contributed by atoms with Crippen LogP contribution >= 0.6 is 11.6 Å². The monoisotopic (exact) mass is 273 g/mol. The van der Waals surface area contributed by atoms with Gasteiger partial charge in [-0.05, 0) is 36.1 Å². The molecule has 0 fully saturated rings. The zero-order valence-electron chi connectivity index (χ0n) is 10.7. The Labute approximate surface area is 118 Å². The Kier molecular flexibility index (Phi) is 3.65. The Morgan fingerprint density at radius 2 is 1.89 bits per heavy atom. The molecule has 0 aliphatic carbocycles. The zero-order chi connectivity index (χ0) is 13.1. The van der Waals surface area contributed by atoms with E-state index in [1.807, 2.05) is 12.1 Å². The maximum atomic E-state index is 5.74. The molecule has 1 aliphatic rings. The van der Waals surface area contributed by atoms with Crippen LogP contribution in [0, 0.1) is 0 Å². The first-order valence-electron chi connectivity index (χ1n) is 6.57. The summed E-state index contributed by atoms with van der Waals surface area (Å²) in [6.07, 6.45) is 2.29. The Morgan fingerprint density at radius 1 is 1.05 bits per heavy atom. The van der Waals surface area contributed by atoms with Crippen molar-refractivity contribution in [1.82, 2.24) is 10.2 Å². The van der Waals surface area contributed by atoms with Crippen LogP contribution in [0.2, 0.25) is 0 Å². The molecule has 0 saturated carbocycles. The summed E-state index contributed by atoms with van der Waals surface area (Å²) in [6.45, 7) is 1.93. The minimum atomic E-state index is 0.413. The third-order valence-electron chi connectivity index (χ3n) is 3.52. The smallest absolute Gasteiger partial charge is 0.151 e. The van der Waals surface area contributed by atoms with Crippen molar-refractivity contribution in [1.29, 1.82) is 0 Å². The Bertz CT molecular complexity index is 554. The number of rotatable bonds is 2. The van der Waals surface area contributed by atoms with Gasteiger partial charge in [-0.3, -0.25) is 0 Å². The lowest BCUT2D eigenvalue weighted by atomic mass is 10.0. The maximum absolute atomic E-state index is 5.74. The van der Waals surface area contributed by atoms with Crippen LogP contribution in [0.25, 0.3) is 0 Å². The third-order valence-corrected chi connectivity index (χ3v) is 3.79. The van der Waals surface area contributed by atoms with Crippen molar-refractivity contribution < 1.29 is 0 Å². The van der Waals surface area contributed by atoms with E-state index in [1.165, 1.54) is 11.1 Å². The molecular weight excluding hydrogens is 258 g/mol. The molecule has 0 radical (unpaired) electrons. The normalized spacial score (nSPS) is 14.9. The van der Waals surface area contributed by atoms with Crippen LogP contribution in [0.1, 0.15) is 23.2 Å². The molecular formula is C15H16ClN3. The standard InChI is InChI=1S/C15H16ClN3/c16-10-14-7-8-15(18-17-14)19-9-3-6-12-4-1-2-5-13(12)11-19/h1-2,4-5,7-8H,3,6,9-11H2.